The molecule has 5 nitrogen and oxygen atoms in total. The summed E-state index contributed by atoms with van der Waals surface area (Å²) in [5.41, 5.74) is 0.720. The van der Waals surface area contributed by atoms with Crippen LogP contribution in [-0.4, -0.2) is 22.4 Å². The lowest BCUT2D eigenvalue weighted by Crippen LogP contribution is -2.31. The van der Waals surface area contributed by atoms with Crippen LogP contribution in [0.5, 0.6) is 0 Å². The maximum absolute atomic E-state index is 14.6. The van der Waals surface area contributed by atoms with Gasteiger partial charge in [-0.1, -0.05) is 34.6 Å². The Labute approximate surface area is 183 Å². The molecule has 172 valence electrons. The highest BCUT2D eigenvalue weighted by Gasteiger charge is 2.37. The number of rotatable bonds is 3. The lowest BCUT2D eigenvalue weighted by atomic mass is 9.92. The molecule has 0 saturated heterocycles. The molecule has 2 aromatic heterocycles. The Morgan fingerprint density at radius 2 is 1.87 bits per heavy atom. The van der Waals surface area contributed by atoms with Crippen molar-refractivity contribution in [2.45, 2.75) is 67.1 Å². The van der Waals surface area contributed by atoms with Crippen LogP contribution in [0, 0.1) is 18.3 Å². The van der Waals surface area contributed by atoms with E-state index in [1.54, 1.807) is 17.9 Å². The maximum Gasteiger partial charge on any atom is 0.443 e. The fraction of sp³-hybridized carbons (Fsp3) is 0.571. The number of carbonyl (C=O) groups excluding carboxylic acids is 1. The van der Waals surface area contributed by atoms with Crippen molar-refractivity contribution in [3.05, 3.63) is 33.2 Å². The monoisotopic (exact) mass is 460 g/mol. The molecular formula is C21H28F4N4OS. The molecule has 1 aliphatic rings. The molecule has 3 heterocycles. The van der Waals surface area contributed by atoms with Crippen LogP contribution in [0.3, 0.4) is 0 Å². The van der Waals surface area contributed by atoms with Gasteiger partial charge in [0.15, 0.2) is 5.01 Å². The third-order valence-corrected chi connectivity index (χ3v) is 5.54. The Balaban J connectivity index is 0.00000166. The highest BCUT2D eigenvalue weighted by molar-refractivity contribution is 7.11. The predicted molar refractivity (Wildman–Crippen MR) is 115 cm³/mol. The first-order valence-electron chi connectivity index (χ1n) is 10.1. The standard InChI is InChI=1S/C19H22F4N4OS.C2H6/c1-10-7-13(25-16(20)15(10)26-14(28)8-18(2,3)4)27-6-5-11-12(9-27)29-17(24-11)19(21,22)23;1-2/h7H,5-6,8-9H2,1-4H3,(H,26,28);1-2H3. The van der Waals surface area contributed by atoms with Crippen LogP contribution in [0.1, 0.15) is 62.2 Å². The van der Waals surface area contributed by atoms with Gasteiger partial charge in [-0.05, 0) is 24.0 Å². The summed E-state index contributed by atoms with van der Waals surface area (Å²) in [6, 6.07) is 1.63. The van der Waals surface area contributed by atoms with Gasteiger partial charge in [0.05, 0.1) is 17.9 Å². The molecule has 0 radical (unpaired) electrons. The van der Waals surface area contributed by atoms with Gasteiger partial charge in [-0.2, -0.15) is 17.6 Å². The van der Waals surface area contributed by atoms with E-state index in [1.165, 1.54) is 0 Å². The molecule has 1 amide bonds. The summed E-state index contributed by atoms with van der Waals surface area (Å²) in [6.45, 7) is 12.0. The highest BCUT2D eigenvalue weighted by atomic mass is 32.1. The molecule has 10 heteroatoms. The molecule has 0 aromatic carbocycles. The van der Waals surface area contributed by atoms with Gasteiger partial charge in [0.2, 0.25) is 11.9 Å². The van der Waals surface area contributed by atoms with E-state index < -0.39 is 17.1 Å². The third-order valence-electron chi connectivity index (χ3n) is 4.41. The Bertz CT molecular complexity index is 911. The van der Waals surface area contributed by atoms with Crippen LogP contribution < -0.4 is 10.2 Å². The number of thiazole rings is 1. The first-order valence-corrected chi connectivity index (χ1v) is 10.9. The van der Waals surface area contributed by atoms with E-state index in [4.69, 9.17) is 0 Å². The van der Waals surface area contributed by atoms with Crippen LogP contribution in [0.2, 0.25) is 0 Å². The molecule has 0 unspecified atom stereocenters. The third kappa shape index (κ3) is 6.38. The minimum absolute atomic E-state index is 0.0258. The number of anilines is 2. The van der Waals surface area contributed by atoms with Crippen LogP contribution in [0.4, 0.5) is 29.1 Å². The summed E-state index contributed by atoms with van der Waals surface area (Å²) in [6.07, 6.45) is -3.91. The number of nitrogens with one attached hydrogen (secondary N) is 1. The van der Waals surface area contributed by atoms with E-state index in [1.807, 2.05) is 34.6 Å². The number of nitrogens with zero attached hydrogens (tertiary/aromatic N) is 3. The lowest BCUT2D eigenvalue weighted by molar-refractivity contribution is -0.137. The van der Waals surface area contributed by atoms with E-state index in [0.717, 1.165) is 0 Å². The van der Waals surface area contributed by atoms with Crippen molar-refractivity contribution in [3.63, 3.8) is 0 Å². The molecule has 0 fully saturated rings. The smallest absolute Gasteiger partial charge is 0.351 e. The van der Waals surface area contributed by atoms with Crippen LogP contribution in [0.25, 0.3) is 0 Å². The number of pyridine rings is 1. The molecule has 0 aliphatic carbocycles. The van der Waals surface area contributed by atoms with Crippen molar-refractivity contribution in [3.8, 4) is 0 Å². The summed E-state index contributed by atoms with van der Waals surface area (Å²) in [7, 11) is 0. The molecule has 1 N–H and O–H groups in total. The van der Waals surface area contributed by atoms with Crippen LogP contribution in [-0.2, 0) is 23.9 Å². The van der Waals surface area contributed by atoms with Crippen LogP contribution in [0.15, 0.2) is 6.07 Å². The molecule has 3 rings (SSSR count). The average Bonchev–Trinajstić information content (AvgIpc) is 3.08. The number of fused-ring (bicyclic) bond motifs is 1. The minimum atomic E-state index is -4.47. The summed E-state index contributed by atoms with van der Waals surface area (Å²) in [5.74, 6) is -0.796. The Hall–Kier alpha value is -2.23. The van der Waals surface area contributed by atoms with Gasteiger partial charge in [0.1, 0.15) is 5.82 Å². The molecular weight excluding hydrogens is 432 g/mol. The zero-order valence-corrected chi connectivity index (χ0v) is 19.4. The Morgan fingerprint density at radius 3 is 2.42 bits per heavy atom. The first-order chi connectivity index (χ1) is 14.3. The molecule has 1 aliphatic heterocycles. The van der Waals surface area contributed by atoms with E-state index in [0.29, 0.717) is 46.3 Å². The van der Waals surface area contributed by atoms with Gasteiger partial charge < -0.3 is 10.2 Å². The van der Waals surface area contributed by atoms with E-state index in [9.17, 15) is 22.4 Å². The number of halogens is 4. The second-order valence-corrected chi connectivity index (χ2v) is 9.39. The quantitative estimate of drug-likeness (QED) is 0.453. The molecule has 0 spiro atoms. The number of carbonyl (C=O) groups is 1. The summed E-state index contributed by atoms with van der Waals surface area (Å²) in [4.78, 5) is 22.0. The van der Waals surface area contributed by atoms with E-state index in [2.05, 4.69) is 15.3 Å². The maximum atomic E-state index is 14.6. The number of hydrogen-bond donors (Lipinski definition) is 1. The summed E-state index contributed by atoms with van der Waals surface area (Å²) >= 11 is 0.610. The summed E-state index contributed by atoms with van der Waals surface area (Å²) < 4.78 is 53.3. The molecule has 0 saturated carbocycles. The zero-order valence-electron chi connectivity index (χ0n) is 18.6. The van der Waals surface area contributed by atoms with E-state index in [-0.39, 0.29) is 30.0 Å². The second-order valence-electron chi connectivity index (χ2n) is 8.31. The molecule has 0 atom stereocenters. The van der Waals surface area contributed by atoms with E-state index >= 15 is 0 Å². The van der Waals surface area contributed by atoms with Crippen molar-refractivity contribution in [1.82, 2.24) is 9.97 Å². The summed E-state index contributed by atoms with van der Waals surface area (Å²) in [5, 5.41) is 1.71. The van der Waals surface area contributed by atoms with Crippen molar-refractivity contribution < 1.29 is 22.4 Å². The Morgan fingerprint density at radius 1 is 1.23 bits per heavy atom. The second kappa shape index (κ2) is 9.50. The number of aromatic nitrogens is 2. The molecule has 31 heavy (non-hydrogen) atoms. The topological polar surface area (TPSA) is 58.1 Å². The zero-order chi connectivity index (χ0) is 23.6. The normalized spacial score (nSPS) is 13.9. The van der Waals surface area contributed by atoms with Gasteiger partial charge in [0, 0.05) is 24.3 Å². The van der Waals surface area contributed by atoms with Crippen LogP contribution >= 0.6 is 11.3 Å². The minimum Gasteiger partial charge on any atom is -0.351 e. The van der Waals surface area contributed by atoms with Crippen molar-refractivity contribution in [2.24, 2.45) is 5.41 Å². The van der Waals surface area contributed by atoms with Gasteiger partial charge in [-0.3, -0.25) is 4.79 Å². The van der Waals surface area contributed by atoms with Gasteiger partial charge >= 0.3 is 6.18 Å². The number of aryl methyl sites for hydroxylation is 1. The molecule has 0 bridgehead atoms. The average molecular weight is 461 g/mol. The Kier molecular flexibility index (Phi) is 7.67. The predicted octanol–water partition coefficient (Wildman–Crippen LogP) is 5.97. The SMILES string of the molecule is CC.Cc1cc(N2CCc3nc(C(F)(F)F)sc3C2)nc(F)c1NC(=O)CC(C)(C)C. The largest absolute Gasteiger partial charge is 0.443 e. The van der Waals surface area contributed by atoms with Crippen molar-refractivity contribution >= 4 is 28.7 Å². The fourth-order valence-electron chi connectivity index (χ4n) is 3.11. The lowest BCUT2D eigenvalue weighted by Gasteiger charge is -2.28. The van der Waals surface area contributed by atoms with Crippen molar-refractivity contribution in [2.75, 3.05) is 16.8 Å². The first kappa shape index (κ1) is 25.0. The number of hydrogen-bond acceptors (Lipinski definition) is 5. The molecule has 2 aromatic rings. The van der Waals surface area contributed by atoms with Gasteiger partial charge in [-0.15, -0.1) is 11.3 Å². The fourth-order valence-corrected chi connectivity index (χ4v) is 4.10. The van der Waals surface area contributed by atoms with Gasteiger partial charge in [-0.25, -0.2) is 9.97 Å². The van der Waals surface area contributed by atoms with Gasteiger partial charge in [0.25, 0.3) is 0 Å². The number of amides is 1. The van der Waals surface area contributed by atoms with Crippen molar-refractivity contribution in [1.29, 1.82) is 0 Å². The number of alkyl halides is 3. The highest BCUT2D eigenvalue weighted by Crippen LogP contribution is 2.37.